The van der Waals surface area contributed by atoms with Crippen LogP contribution in [0.1, 0.15) is 99.0 Å². The number of methoxy groups -OCH3 is 1. The van der Waals surface area contributed by atoms with Gasteiger partial charge in [0.15, 0.2) is 5.78 Å². The Kier molecular flexibility index (Phi) is 17.5. The lowest BCUT2D eigenvalue weighted by atomic mass is 9.82. The predicted molar refractivity (Wildman–Crippen MR) is 211 cm³/mol. The first-order chi connectivity index (χ1) is 25.2. The van der Waals surface area contributed by atoms with Crippen LogP contribution in [0.2, 0.25) is 0 Å². The van der Waals surface area contributed by atoms with E-state index in [4.69, 9.17) is 4.74 Å². The zero-order chi connectivity index (χ0) is 39.4. The van der Waals surface area contributed by atoms with Gasteiger partial charge < -0.3 is 25.0 Å². The molecule has 0 radical (unpaired) electrons. The van der Waals surface area contributed by atoms with Crippen LogP contribution in [0.3, 0.4) is 0 Å². The summed E-state index contributed by atoms with van der Waals surface area (Å²) in [5, 5.41) is 16.0. The Bertz CT molecular complexity index is 1490. The van der Waals surface area contributed by atoms with Crippen LogP contribution >= 0.6 is 0 Å². The Labute approximate surface area is 318 Å². The van der Waals surface area contributed by atoms with Crippen LogP contribution in [0.25, 0.3) is 10.8 Å². The van der Waals surface area contributed by atoms with Gasteiger partial charge in [-0.05, 0) is 67.5 Å². The maximum absolute atomic E-state index is 14.2. The molecule has 10 nitrogen and oxygen atoms in total. The zero-order valence-electron chi connectivity index (χ0n) is 34.1. The molecule has 2 aromatic rings. The van der Waals surface area contributed by atoms with E-state index in [9.17, 15) is 24.3 Å². The summed E-state index contributed by atoms with van der Waals surface area (Å²) in [6, 6.07) is 7.19. The largest absolute Gasteiger partial charge is 0.396 e. The number of aliphatic hydroxyl groups is 1. The average molecular weight is 737 g/mol. The number of Topliss-reactive ketones (excluding diaryl/α,β-unsaturated/α-hetero) is 2. The number of ether oxygens (including phenoxy) is 1. The van der Waals surface area contributed by atoms with Crippen molar-refractivity contribution in [2.24, 2.45) is 35.5 Å². The minimum atomic E-state index is -0.576. The number of fused-ring (bicyclic) bond motifs is 1. The topological polar surface area (TPSA) is 129 Å². The van der Waals surface area contributed by atoms with Crippen molar-refractivity contribution in [1.29, 1.82) is 0 Å². The number of nitrogens with one attached hydrogen (secondary N) is 1. The molecule has 0 bridgehead atoms. The van der Waals surface area contributed by atoms with Crippen LogP contribution in [0, 0.1) is 35.5 Å². The second kappa shape index (κ2) is 21.0. The van der Waals surface area contributed by atoms with E-state index in [1.54, 1.807) is 32.3 Å². The van der Waals surface area contributed by atoms with Crippen molar-refractivity contribution in [1.82, 2.24) is 20.1 Å². The van der Waals surface area contributed by atoms with E-state index < -0.39 is 24.0 Å². The molecule has 3 rings (SSSR count). The average Bonchev–Trinajstić information content (AvgIpc) is 3.63. The number of amides is 2. The van der Waals surface area contributed by atoms with Crippen molar-refractivity contribution in [2.75, 3.05) is 34.4 Å². The highest BCUT2D eigenvalue weighted by molar-refractivity contribution is 5.90. The molecule has 0 aliphatic carbocycles. The fraction of sp³-hybridized carbons (Fsp3) is 0.698. The van der Waals surface area contributed by atoms with Crippen LogP contribution in [-0.4, -0.2) is 102 Å². The molecule has 1 unspecified atom stereocenters. The number of rotatable bonds is 22. The monoisotopic (exact) mass is 737 g/mol. The second-order valence-electron chi connectivity index (χ2n) is 16.1. The van der Waals surface area contributed by atoms with E-state index in [0.29, 0.717) is 19.4 Å². The van der Waals surface area contributed by atoms with E-state index >= 15 is 0 Å². The van der Waals surface area contributed by atoms with Crippen LogP contribution in [0.4, 0.5) is 0 Å². The molecule has 0 saturated carbocycles. The lowest BCUT2D eigenvalue weighted by Gasteiger charge is -2.41. The number of aromatic nitrogens is 1. The molecule has 0 spiro atoms. The van der Waals surface area contributed by atoms with Gasteiger partial charge in [0.2, 0.25) is 11.8 Å². The maximum atomic E-state index is 14.2. The standard InChI is InChI=1S/C43H68N4O6/c1-11-29(6)42(46(9)43(52)33(27(2)3)23-38(50)41(44-8)28(4)5)39(53-10)24-40(51)47-22-14-18-36(47)35(26-48)30(7)37(49)19-13-17-31-15-12-16-32-20-21-45-25-34(31)32/h12,15-16,20-21,25,27-30,33,35-36,39,41-42,44,48H,11,13-14,17-19,22-24,26H2,1-10H3/t29-,30+,33-,35+,36-,39+,41-,42?/m0/s1. The highest BCUT2D eigenvalue weighted by atomic mass is 16.5. The first kappa shape index (κ1) is 44.2. The van der Waals surface area contributed by atoms with Gasteiger partial charge in [-0.25, -0.2) is 0 Å². The van der Waals surface area contributed by atoms with E-state index in [-0.39, 0.29) is 78.6 Å². The lowest BCUT2D eigenvalue weighted by Crippen LogP contribution is -2.54. The summed E-state index contributed by atoms with van der Waals surface area (Å²) in [6.07, 6.45) is 7.42. The molecule has 53 heavy (non-hydrogen) atoms. The molecule has 1 fully saturated rings. The number of carbonyl (C=O) groups excluding carboxylic acids is 4. The van der Waals surface area contributed by atoms with Crippen molar-refractivity contribution in [3.05, 3.63) is 42.2 Å². The summed E-state index contributed by atoms with van der Waals surface area (Å²) in [4.78, 5) is 63.0. The molecule has 1 aliphatic heterocycles. The van der Waals surface area contributed by atoms with Gasteiger partial charge in [0.1, 0.15) is 5.78 Å². The van der Waals surface area contributed by atoms with E-state index in [0.717, 1.165) is 36.5 Å². The molecular formula is C43H68N4O6. The third kappa shape index (κ3) is 11.2. The molecule has 8 atom stereocenters. The highest BCUT2D eigenvalue weighted by Gasteiger charge is 2.42. The van der Waals surface area contributed by atoms with Gasteiger partial charge >= 0.3 is 0 Å². The number of carbonyl (C=O) groups is 4. The Hall–Kier alpha value is -3.21. The van der Waals surface area contributed by atoms with Crippen molar-refractivity contribution in [3.8, 4) is 0 Å². The summed E-state index contributed by atoms with van der Waals surface area (Å²) < 4.78 is 6.03. The molecule has 2 amide bonds. The molecule has 296 valence electrons. The van der Waals surface area contributed by atoms with Crippen LogP contribution in [-0.2, 0) is 30.3 Å². The molecule has 2 N–H and O–H groups in total. The predicted octanol–water partition coefficient (Wildman–Crippen LogP) is 6.12. The molecule has 1 aromatic carbocycles. The molecule has 10 heteroatoms. The number of ketones is 2. The Morgan fingerprint density at radius 2 is 1.75 bits per heavy atom. The van der Waals surface area contributed by atoms with Gasteiger partial charge in [-0.15, -0.1) is 0 Å². The van der Waals surface area contributed by atoms with E-state index in [1.807, 2.05) is 57.8 Å². The van der Waals surface area contributed by atoms with Crippen LogP contribution in [0.5, 0.6) is 0 Å². The summed E-state index contributed by atoms with van der Waals surface area (Å²) in [5.74, 6) is -1.30. The molecule has 1 saturated heterocycles. The van der Waals surface area contributed by atoms with Gasteiger partial charge in [-0.3, -0.25) is 24.2 Å². The zero-order valence-corrected chi connectivity index (χ0v) is 34.1. The SMILES string of the molecule is CC[C@H](C)C([C@@H](CC(=O)N1CCC[C@H]1[C@H](CO)[C@@H](C)C(=O)CCCc1cccc2ccncc12)OC)N(C)C(=O)[C@@H](CC(=O)[C@@H](NC)C(C)C)C(C)C. The van der Waals surface area contributed by atoms with E-state index in [1.165, 1.54) is 5.56 Å². The normalized spacial score (nSPS) is 18.8. The van der Waals surface area contributed by atoms with Gasteiger partial charge in [-0.2, -0.15) is 0 Å². The van der Waals surface area contributed by atoms with Gasteiger partial charge in [0, 0.05) is 81.7 Å². The molecular weight excluding hydrogens is 668 g/mol. The Morgan fingerprint density at radius 1 is 1.04 bits per heavy atom. The van der Waals surface area contributed by atoms with Crippen molar-refractivity contribution in [3.63, 3.8) is 0 Å². The third-order valence-electron chi connectivity index (χ3n) is 12.1. The number of hydrogen-bond donors (Lipinski definition) is 2. The number of benzene rings is 1. The summed E-state index contributed by atoms with van der Waals surface area (Å²) in [6.45, 7) is 14.3. The van der Waals surface area contributed by atoms with Gasteiger partial charge in [-0.1, -0.05) is 73.1 Å². The number of pyridine rings is 1. The lowest BCUT2D eigenvalue weighted by molar-refractivity contribution is -0.148. The van der Waals surface area contributed by atoms with Gasteiger partial charge in [0.25, 0.3) is 0 Å². The Morgan fingerprint density at radius 3 is 2.36 bits per heavy atom. The number of likely N-dealkylation sites (N-methyl/N-ethyl adjacent to an activating group) is 2. The first-order valence-electron chi connectivity index (χ1n) is 20.0. The van der Waals surface area contributed by atoms with Crippen LogP contribution < -0.4 is 5.32 Å². The summed E-state index contributed by atoms with van der Waals surface area (Å²) >= 11 is 0. The van der Waals surface area contributed by atoms with E-state index in [2.05, 4.69) is 36.3 Å². The smallest absolute Gasteiger partial charge is 0.226 e. The summed E-state index contributed by atoms with van der Waals surface area (Å²) in [5.41, 5.74) is 1.17. The molecule has 1 aromatic heterocycles. The summed E-state index contributed by atoms with van der Waals surface area (Å²) in [7, 11) is 5.14. The van der Waals surface area contributed by atoms with Crippen LogP contribution in [0.15, 0.2) is 36.7 Å². The maximum Gasteiger partial charge on any atom is 0.226 e. The quantitative estimate of drug-likeness (QED) is 0.148. The molecule has 2 heterocycles. The first-order valence-corrected chi connectivity index (χ1v) is 20.0. The fourth-order valence-corrected chi connectivity index (χ4v) is 8.57. The number of aliphatic hydroxyl groups excluding tert-OH is 1. The number of hydrogen-bond acceptors (Lipinski definition) is 8. The second-order valence-corrected chi connectivity index (χ2v) is 16.1. The number of likely N-dealkylation sites (tertiary alicyclic amines) is 1. The minimum absolute atomic E-state index is 0.0216. The van der Waals surface area contributed by atoms with Gasteiger partial charge in [0.05, 0.1) is 24.6 Å². The van der Waals surface area contributed by atoms with Crippen molar-refractivity contribution in [2.45, 2.75) is 124 Å². The third-order valence-corrected chi connectivity index (χ3v) is 12.1. The van der Waals surface area contributed by atoms with Crippen molar-refractivity contribution < 1.29 is 29.0 Å². The number of nitrogens with zero attached hydrogens (tertiary/aromatic N) is 3. The highest BCUT2D eigenvalue weighted by Crippen LogP contribution is 2.33. The fourth-order valence-electron chi connectivity index (χ4n) is 8.57. The minimum Gasteiger partial charge on any atom is -0.396 e. The number of aryl methyl sites for hydroxylation is 1. The van der Waals surface area contributed by atoms with Crippen molar-refractivity contribution >= 4 is 34.2 Å². The molecule has 1 aliphatic rings. The Balaban J connectivity index is 1.72.